The predicted octanol–water partition coefficient (Wildman–Crippen LogP) is 5.32. The van der Waals surface area contributed by atoms with E-state index >= 15 is 0 Å². The Morgan fingerprint density at radius 2 is 1.70 bits per heavy atom. The maximum atomic E-state index is 12.3. The Hall–Kier alpha value is -1.26. The average Bonchev–Trinajstić information content (AvgIpc) is 2.49. The molecule has 2 atom stereocenters. The van der Waals surface area contributed by atoms with E-state index in [1.807, 2.05) is 31.2 Å². The molecule has 0 saturated carbocycles. The van der Waals surface area contributed by atoms with Crippen molar-refractivity contribution in [3.63, 3.8) is 0 Å². The fourth-order valence-electron chi connectivity index (χ4n) is 2.15. The molecule has 0 heterocycles. The van der Waals surface area contributed by atoms with E-state index in [-0.39, 0.29) is 11.9 Å². The molecule has 0 aliphatic heterocycles. The molecule has 0 radical (unpaired) electrons. The topological polar surface area (TPSA) is 41.1 Å². The van der Waals surface area contributed by atoms with Crippen LogP contribution in [0.4, 0.5) is 5.69 Å². The molecule has 0 aliphatic rings. The fourth-order valence-corrected chi connectivity index (χ4v) is 2.81. The largest absolute Gasteiger partial charge is 0.323 e. The minimum Gasteiger partial charge on any atom is -0.323 e. The molecule has 2 aromatic carbocycles. The van der Waals surface area contributed by atoms with E-state index in [4.69, 9.17) is 34.8 Å². The maximum absolute atomic E-state index is 12.3. The van der Waals surface area contributed by atoms with Gasteiger partial charge < -0.3 is 5.32 Å². The zero-order valence-electron chi connectivity index (χ0n) is 12.7. The van der Waals surface area contributed by atoms with E-state index in [1.165, 1.54) is 0 Å². The highest BCUT2D eigenvalue weighted by atomic mass is 35.5. The lowest BCUT2D eigenvalue weighted by molar-refractivity contribution is -0.117. The Morgan fingerprint density at radius 1 is 1.00 bits per heavy atom. The number of carbonyl (C=O) groups excluding carboxylic acids is 1. The van der Waals surface area contributed by atoms with Crippen LogP contribution in [0.25, 0.3) is 0 Å². The van der Waals surface area contributed by atoms with Gasteiger partial charge in [0.15, 0.2) is 0 Å². The normalized spacial score (nSPS) is 13.4. The van der Waals surface area contributed by atoms with Crippen molar-refractivity contribution >= 4 is 46.4 Å². The van der Waals surface area contributed by atoms with Crippen LogP contribution in [0.3, 0.4) is 0 Å². The Kier molecular flexibility index (Phi) is 6.31. The summed E-state index contributed by atoms with van der Waals surface area (Å²) in [6, 6.07) is 12.1. The summed E-state index contributed by atoms with van der Waals surface area (Å²) >= 11 is 17.9. The number of benzene rings is 2. The second-order valence-electron chi connectivity index (χ2n) is 5.28. The molecule has 0 bridgehead atoms. The molecular formula is C17H17Cl3N2O. The Bertz CT molecular complexity index is 706. The molecule has 1 amide bonds. The monoisotopic (exact) mass is 370 g/mol. The van der Waals surface area contributed by atoms with Crippen molar-refractivity contribution < 1.29 is 4.79 Å². The Labute approximate surface area is 150 Å². The van der Waals surface area contributed by atoms with Crippen molar-refractivity contribution in [3.8, 4) is 0 Å². The molecule has 2 rings (SSSR count). The average molecular weight is 372 g/mol. The van der Waals surface area contributed by atoms with Gasteiger partial charge in [-0.2, -0.15) is 0 Å². The third-order valence-electron chi connectivity index (χ3n) is 3.43. The lowest BCUT2D eigenvalue weighted by Crippen LogP contribution is -2.39. The number of nitrogens with one attached hydrogen (secondary N) is 2. The minimum absolute atomic E-state index is 0.0184. The molecule has 6 heteroatoms. The van der Waals surface area contributed by atoms with Crippen molar-refractivity contribution in [3.05, 3.63) is 63.1 Å². The fraction of sp³-hybridized carbons (Fsp3) is 0.235. The lowest BCUT2D eigenvalue weighted by Gasteiger charge is -2.20. The quantitative estimate of drug-likeness (QED) is 0.746. The summed E-state index contributed by atoms with van der Waals surface area (Å²) < 4.78 is 0. The van der Waals surface area contributed by atoms with Gasteiger partial charge in [0.2, 0.25) is 5.91 Å². The molecule has 0 spiro atoms. The summed E-state index contributed by atoms with van der Waals surface area (Å²) in [6.07, 6.45) is 0. The van der Waals surface area contributed by atoms with E-state index in [9.17, 15) is 4.79 Å². The van der Waals surface area contributed by atoms with Crippen LogP contribution in [0.5, 0.6) is 0 Å². The van der Waals surface area contributed by atoms with Crippen molar-refractivity contribution in [2.45, 2.75) is 25.9 Å². The van der Waals surface area contributed by atoms with Crippen LogP contribution >= 0.6 is 34.8 Å². The van der Waals surface area contributed by atoms with Gasteiger partial charge in [-0.1, -0.05) is 46.9 Å². The minimum atomic E-state index is -0.407. The van der Waals surface area contributed by atoms with Gasteiger partial charge >= 0.3 is 0 Å². The van der Waals surface area contributed by atoms with Gasteiger partial charge in [-0.25, -0.2) is 0 Å². The first-order valence-corrected chi connectivity index (χ1v) is 8.27. The Balaban J connectivity index is 1.99. The zero-order chi connectivity index (χ0) is 17.0. The van der Waals surface area contributed by atoms with E-state index in [1.54, 1.807) is 25.1 Å². The molecule has 122 valence electrons. The second-order valence-corrected chi connectivity index (χ2v) is 6.56. The van der Waals surface area contributed by atoms with Gasteiger partial charge in [-0.15, -0.1) is 0 Å². The van der Waals surface area contributed by atoms with Crippen LogP contribution in [0, 0.1) is 0 Å². The van der Waals surface area contributed by atoms with E-state index in [0.29, 0.717) is 20.8 Å². The molecule has 0 aliphatic carbocycles. The highest BCUT2D eigenvalue weighted by molar-refractivity contribution is 6.36. The van der Waals surface area contributed by atoms with Crippen molar-refractivity contribution in [2.75, 3.05) is 5.32 Å². The first-order chi connectivity index (χ1) is 10.9. The van der Waals surface area contributed by atoms with E-state index in [0.717, 1.165) is 5.56 Å². The first kappa shape index (κ1) is 18.1. The van der Waals surface area contributed by atoms with Crippen LogP contribution < -0.4 is 10.6 Å². The van der Waals surface area contributed by atoms with Crippen LogP contribution in [0.1, 0.15) is 25.5 Å². The summed E-state index contributed by atoms with van der Waals surface area (Å²) in [4.78, 5) is 12.3. The summed E-state index contributed by atoms with van der Waals surface area (Å²) in [6.45, 7) is 3.77. The van der Waals surface area contributed by atoms with Crippen LogP contribution in [-0.2, 0) is 4.79 Å². The predicted molar refractivity (Wildman–Crippen MR) is 97.6 cm³/mol. The lowest BCUT2D eigenvalue weighted by atomic mass is 10.1. The standard InChI is InChI=1S/C17H17Cl3N2O/c1-10(12-4-3-5-13(18)8-12)21-11(2)17(23)22-16-7-6-14(19)9-15(16)20/h3-11,21H,1-2H3,(H,22,23)/t10-,11+/m1/s1. The number of carbonyl (C=O) groups is 1. The summed E-state index contributed by atoms with van der Waals surface area (Å²) in [5.74, 6) is -0.178. The number of hydrogen-bond donors (Lipinski definition) is 2. The number of amides is 1. The number of rotatable bonds is 5. The summed E-state index contributed by atoms with van der Waals surface area (Å²) in [5.41, 5.74) is 1.55. The van der Waals surface area contributed by atoms with Gasteiger partial charge in [-0.3, -0.25) is 10.1 Å². The molecule has 2 N–H and O–H groups in total. The molecule has 0 unspecified atom stereocenters. The van der Waals surface area contributed by atoms with Crippen molar-refractivity contribution in [2.24, 2.45) is 0 Å². The smallest absolute Gasteiger partial charge is 0.241 e. The molecule has 0 saturated heterocycles. The highest BCUT2D eigenvalue weighted by Crippen LogP contribution is 2.25. The first-order valence-electron chi connectivity index (χ1n) is 7.14. The van der Waals surface area contributed by atoms with Gasteiger partial charge in [0.25, 0.3) is 0 Å². The van der Waals surface area contributed by atoms with Gasteiger partial charge in [-0.05, 0) is 49.7 Å². The van der Waals surface area contributed by atoms with E-state index < -0.39 is 6.04 Å². The molecule has 2 aromatic rings. The summed E-state index contributed by atoms with van der Waals surface area (Å²) in [7, 11) is 0. The second kappa shape index (κ2) is 8.02. The van der Waals surface area contributed by atoms with Crippen LogP contribution in [0.15, 0.2) is 42.5 Å². The van der Waals surface area contributed by atoms with Gasteiger partial charge in [0.05, 0.1) is 16.8 Å². The SMILES string of the molecule is C[C@H](N[C@H](C)c1cccc(Cl)c1)C(=O)Nc1ccc(Cl)cc1Cl. The zero-order valence-corrected chi connectivity index (χ0v) is 15.0. The molecular weight excluding hydrogens is 355 g/mol. The third-order valence-corrected chi connectivity index (χ3v) is 4.21. The number of halogens is 3. The molecule has 0 fully saturated rings. The number of anilines is 1. The molecule has 23 heavy (non-hydrogen) atoms. The van der Waals surface area contributed by atoms with Gasteiger partial charge in [0, 0.05) is 16.1 Å². The molecule has 0 aromatic heterocycles. The summed E-state index contributed by atoms with van der Waals surface area (Å²) in [5, 5.41) is 7.62. The number of hydrogen-bond acceptors (Lipinski definition) is 2. The maximum Gasteiger partial charge on any atom is 0.241 e. The molecule has 3 nitrogen and oxygen atoms in total. The van der Waals surface area contributed by atoms with Crippen LogP contribution in [-0.4, -0.2) is 11.9 Å². The van der Waals surface area contributed by atoms with E-state index in [2.05, 4.69) is 10.6 Å². The third kappa shape index (κ3) is 5.11. The Morgan fingerprint density at radius 3 is 2.35 bits per heavy atom. The highest BCUT2D eigenvalue weighted by Gasteiger charge is 2.17. The van der Waals surface area contributed by atoms with Crippen molar-refractivity contribution in [1.29, 1.82) is 0 Å². The van der Waals surface area contributed by atoms with Crippen LogP contribution in [0.2, 0.25) is 15.1 Å². The van der Waals surface area contributed by atoms with Crippen molar-refractivity contribution in [1.82, 2.24) is 5.32 Å². The van der Waals surface area contributed by atoms with Gasteiger partial charge in [0.1, 0.15) is 0 Å².